The van der Waals surface area contributed by atoms with Gasteiger partial charge in [0.25, 0.3) is 0 Å². The van der Waals surface area contributed by atoms with Gasteiger partial charge in [0.2, 0.25) is 11.7 Å². The number of nitrogens with one attached hydrogen (secondary N) is 1. The zero-order chi connectivity index (χ0) is 19.1. The molecule has 8 heteroatoms. The number of hydrogen-bond donors (Lipinski definition) is 1. The Morgan fingerprint density at radius 3 is 2.38 bits per heavy atom. The summed E-state index contributed by atoms with van der Waals surface area (Å²) in [5, 5.41) is 3.94. The van der Waals surface area contributed by atoms with Crippen LogP contribution in [-0.2, 0) is 23.1 Å². The Hall–Kier alpha value is -3.29. The quantitative estimate of drug-likeness (QED) is 0.351. The minimum absolute atomic E-state index is 0.187. The van der Waals surface area contributed by atoms with E-state index in [1.54, 1.807) is 12.1 Å². The van der Waals surface area contributed by atoms with Gasteiger partial charge in [0.05, 0.1) is 26.9 Å². The largest absolute Gasteiger partial charge is 0.493 e. The van der Waals surface area contributed by atoms with Crippen molar-refractivity contribution in [3.8, 4) is 17.2 Å². The van der Waals surface area contributed by atoms with Gasteiger partial charge in [-0.2, -0.15) is 5.10 Å². The first-order valence-electron chi connectivity index (χ1n) is 7.81. The Balaban J connectivity index is 2.10. The average molecular weight is 359 g/mol. The van der Waals surface area contributed by atoms with Crippen molar-refractivity contribution in [1.29, 1.82) is 0 Å². The molecule has 0 fully saturated rings. The van der Waals surface area contributed by atoms with Crippen LogP contribution in [0, 0.1) is 0 Å². The van der Waals surface area contributed by atoms with Crippen molar-refractivity contribution in [2.45, 2.75) is 13.3 Å². The molecule has 0 atom stereocenters. The minimum Gasteiger partial charge on any atom is -0.493 e. The lowest BCUT2D eigenvalue weighted by atomic mass is 10.2. The smallest absolute Gasteiger partial charge is 0.308 e. The molecule has 8 nitrogen and oxygen atoms in total. The maximum Gasteiger partial charge on any atom is 0.308 e. The molecule has 1 heterocycles. The molecule has 2 rings (SSSR count). The second kappa shape index (κ2) is 8.70. The molecular weight excluding hydrogens is 338 g/mol. The number of carbonyl (C=O) groups excluding carboxylic acids is 2. The molecule has 0 bridgehead atoms. The number of methoxy groups -OCH3 is 2. The van der Waals surface area contributed by atoms with Crippen LogP contribution in [0.3, 0.4) is 0 Å². The van der Waals surface area contributed by atoms with E-state index in [9.17, 15) is 9.59 Å². The van der Waals surface area contributed by atoms with E-state index in [0.717, 1.165) is 5.69 Å². The van der Waals surface area contributed by atoms with Gasteiger partial charge in [-0.25, -0.2) is 5.43 Å². The summed E-state index contributed by atoms with van der Waals surface area (Å²) < 4.78 is 17.5. The van der Waals surface area contributed by atoms with E-state index in [4.69, 9.17) is 14.2 Å². The predicted molar refractivity (Wildman–Crippen MR) is 95.7 cm³/mol. The summed E-state index contributed by atoms with van der Waals surface area (Å²) in [6.45, 7) is 1.29. The number of carbonyl (C=O) groups is 2. The third-order valence-corrected chi connectivity index (χ3v) is 3.52. The first-order chi connectivity index (χ1) is 12.4. The number of ether oxygens (including phenoxy) is 3. The van der Waals surface area contributed by atoms with Crippen molar-refractivity contribution in [3.05, 3.63) is 41.7 Å². The molecule has 0 saturated carbocycles. The van der Waals surface area contributed by atoms with Crippen LogP contribution in [0.5, 0.6) is 17.2 Å². The Morgan fingerprint density at radius 2 is 1.88 bits per heavy atom. The van der Waals surface area contributed by atoms with Gasteiger partial charge in [-0.3, -0.25) is 9.59 Å². The van der Waals surface area contributed by atoms with Gasteiger partial charge in [-0.1, -0.05) is 0 Å². The van der Waals surface area contributed by atoms with E-state index < -0.39 is 5.97 Å². The van der Waals surface area contributed by atoms with Crippen LogP contribution in [0.25, 0.3) is 0 Å². The number of amides is 1. The summed E-state index contributed by atoms with van der Waals surface area (Å²) in [6, 6.07) is 6.98. The summed E-state index contributed by atoms with van der Waals surface area (Å²) in [6.07, 6.45) is 3.54. The Morgan fingerprint density at radius 1 is 1.23 bits per heavy atom. The molecule has 0 radical (unpaired) electrons. The summed E-state index contributed by atoms with van der Waals surface area (Å²) in [7, 11) is 4.77. The number of hydrogen-bond acceptors (Lipinski definition) is 6. The van der Waals surface area contributed by atoms with Crippen molar-refractivity contribution in [2.24, 2.45) is 12.1 Å². The fourth-order valence-electron chi connectivity index (χ4n) is 2.28. The van der Waals surface area contributed by atoms with Gasteiger partial charge in [-0.05, 0) is 24.3 Å². The van der Waals surface area contributed by atoms with Crippen LogP contribution in [0.1, 0.15) is 18.2 Å². The van der Waals surface area contributed by atoms with E-state index in [2.05, 4.69) is 10.5 Å². The van der Waals surface area contributed by atoms with Crippen LogP contribution >= 0.6 is 0 Å². The van der Waals surface area contributed by atoms with Crippen LogP contribution in [0.2, 0.25) is 0 Å². The Kier molecular flexibility index (Phi) is 6.37. The van der Waals surface area contributed by atoms with Gasteiger partial charge in [-0.15, -0.1) is 0 Å². The third kappa shape index (κ3) is 4.85. The standard InChI is InChI=1S/C18H21N3O5/c1-12(22)26-18-15(24-3)8-13(9-16(18)25-4)11-19-20-17(23)10-14-6-5-7-21(14)2/h5-9,11H,10H2,1-4H3,(H,20,23)/b19-11+. The second-order valence-electron chi connectivity index (χ2n) is 5.43. The number of esters is 1. The highest BCUT2D eigenvalue weighted by molar-refractivity contribution is 5.85. The number of benzene rings is 1. The van der Waals surface area contributed by atoms with Crippen LogP contribution < -0.4 is 19.6 Å². The molecule has 2 aromatic rings. The SMILES string of the molecule is COc1cc(/C=N/NC(=O)Cc2cccn2C)cc(OC)c1OC(C)=O. The maximum atomic E-state index is 11.9. The average Bonchev–Trinajstić information content (AvgIpc) is 3.00. The topological polar surface area (TPSA) is 91.2 Å². The predicted octanol–water partition coefficient (Wildman–Crippen LogP) is 1.66. The molecule has 1 amide bonds. The number of aryl methyl sites for hydroxylation is 1. The molecule has 138 valence electrons. The highest BCUT2D eigenvalue weighted by atomic mass is 16.6. The van der Waals surface area contributed by atoms with Crippen LogP contribution in [0.15, 0.2) is 35.6 Å². The molecule has 0 unspecified atom stereocenters. The number of aromatic nitrogens is 1. The van der Waals surface area contributed by atoms with E-state index in [0.29, 0.717) is 17.1 Å². The second-order valence-corrected chi connectivity index (χ2v) is 5.43. The molecule has 0 aliphatic heterocycles. The first kappa shape index (κ1) is 19.0. The summed E-state index contributed by atoms with van der Waals surface area (Å²) in [5.74, 6) is 0.0918. The van der Waals surface area contributed by atoms with Crippen LogP contribution in [0.4, 0.5) is 0 Å². The van der Waals surface area contributed by atoms with Crippen LogP contribution in [-0.4, -0.2) is 36.9 Å². The molecule has 1 aromatic heterocycles. The molecule has 1 aromatic carbocycles. The molecule has 1 N–H and O–H groups in total. The molecular formula is C18H21N3O5. The lowest BCUT2D eigenvalue weighted by Gasteiger charge is -2.13. The zero-order valence-corrected chi connectivity index (χ0v) is 15.1. The molecule has 0 aliphatic carbocycles. The fourth-order valence-corrected chi connectivity index (χ4v) is 2.28. The minimum atomic E-state index is -0.490. The highest BCUT2D eigenvalue weighted by Crippen LogP contribution is 2.38. The zero-order valence-electron chi connectivity index (χ0n) is 15.1. The lowest BCUT2D eigenvalue weighted by molar-refractivity contribution is -0.132. The first-order valence-corrected chi connectivity index (χ1v) is 7.81. The monoisotopic (exact) mass is 359 g/mol. The Labute approximate surface area is 151 Å². The van der Waals surface area contributed by atoms with Gasteiger partial charge >= 0.3 is 5.97 Å². The normalized spacial score (nSPS) is 10.6. The van der Waals surface area contributed by atoms with E-state index in [1.165, 1.54) is 27.4 Å². The molecule has 26 heavy (non-hydrogen) atoms. The summed E-state index contributed by atoms with van der Waals surface area (Å²) >= 11 is 0. The van der Waals surface area contributed by atoms with Gasteiger partial charge in [0.1, 0.15) is 0 Å². The van der Waals surface area contributed by atoms with Crippen molar-refractivity contribution in [1.82, 2.24) is 9.99 Å². The highest BCUT2D eigenvalue weighted by Gasteiger charge is 2.15. The fraction of sp³-hybridized carbons (Fsp3) is 0.278. The lowest BCUT2D eigenvalue weighted by Crippen LogP contribution is -2.20. The Bertz CT molecular complexity index is 801. The van der Waals surface area contributed by atoms with Gasteiger partial charge < -0.3 is 18.8 Å². The van der Waals surface area contributed by atoms with Crippen molar-refractivity contribution < 1.29 is 23.8 Å². The number of hydrazone groups is 1. The number of rotatable bonds is 7. The summed E-state index contributed by atoms with van der Waals surface area (Å²) in [4.78, 5) is 23.2. The third-order valence-electron chi connectivity index (χ3n) is 3.52. The van der Waals surface area contributed by atoms with Gasteiger partial charge in [0.15, 0.2) is 11.5 Å². The van der Waals surface area contributed by atoms with E-state index in [1.807, 2.05) is 29.9 Å². The summed E-state index contributed by atoms with van der Waals surface area (Å²) in [5.41, 5.74) is 3.96. The van der Waals surface area contributed by atoms with Crippen molar-refractivity contribution in [3.63, 3.8) is 0 Å². The molecule has 0 spiro atoms. The molecule has 0 aliphatic rings. The van der Waals surface area contributed by atoms with Crippen molar-refractivity contribution in [2.75, 3.05) is 14.2 Å². The number of nitrogens with zero attached hydrogens (tertiary/aromatic N) is 2. The maximum absolute atomic E-state index is 11.9. The van der Waals surface area contributed by atoms with E-state index in [-0.39, 0.29) is 18.1 Å². The van der Waals surface area contributed by atoms with Gasteiger partial charge in [0, 0.05) is 31.4 Å². The molecule has 0 saturated heterocycles. The van der Waals surface area contributed by atoms with E-state index >= 15 is 0 Å². The van der Waals surface area contributed by atoms with Crippen molar-refractivity contribution >= 4 is 18.1 Å².